The van der Waals surface area contributed by atoms with E-state index in [-0.39, 0.29) is 12.2 Å². The highest BCUT2D eigenvalue weighted by atomic mass is 16.4. The lowest BCUT2D eigenvalue weighted by molar-refractivity contribution is -0.137. The molecule has 0 aliphatic heterocycles. The smallest absolute Gasteiger partial charge is 0.303 e. The molecular formula is C16H18O3. The Hall–Kier alpha value is -1.90. The number of carboxylic acids is 1. The lowest BCUT2D eigenvalue weighted by Crippen LogP contribution is -2.07. The molecular weight excluding hydrogens is 240 g/mol. The first-order valence-electron chi connectivity index (χ1n) is 6.69. The minimum absolute atomic E-state index is 0.152. The summed E-state index contributed by atoms with van der Waals surface area (Å²) < 4.78 is 0. The predicted molar refractivity (Wildman–Crippen MR) is 73.9 cm³/mol. The number of hydrogen-bond acceptors (Lipinski definition) is 2. The van der Waals surface area contributed by atoms with Gasteiger partial charge in [-0.25, -0.2) is 0 Å². The maximum atomic E-state index is 11.7. The molecule has 0 bridgehead atoms. The van der Waals surface area contributed by atoms with Crippen molar-refractivity contribution in [3.05, 3.63) is 41.0 Å². The summed E-state index contributed by atoms with van der Waals surface area (Å²) in [6.45, 7) is 0. The minimum Gasteiger partial charge on any atom is -0.481 e. The van der Waals surface area contributed by atoms with Crippen molar-refractivity contribution in [1.82, 2.24) is 0 Å². The van der Waals surface area contributed by atoms with Gasteiger partial charge >= 0.3 is 5.97 Å². The van der Waals surface area contributed by atoms with Crippen LogP contribution >= 0.6 is 0 Å². The molecule has 0 atom stereocenters. The Balaban J connectivity index is 2.03. The molecule has 0 amide bonds. The van der Waals surface area contributed by atoms with Crippen LogP contribution in [0.25, 0.3) is 6.08 Å². The summed E-state index contributed by atoms with van der Waals surface area (Å²) in [5.74, 6) is -0.514. The molecule has 0 spiro atoms. The highest BCUT2D eigenvalue weighted by Gasteiger charge is 2.14. The van der Waals surface area contributed by atoms with Gasteiger partial charge in [0.05, 0.1) is 0 Å². The number of rotatable bonds is 4. The van der Waals surface area contributed by atoms with Crippen molar-refractivity contribution in [2.45, 2.75) is 38.5 Å². The van der Waals surface area contributed by atoms with Gasteiger partial charge in [-0.3, -0.25) is 9.59 Å². The Morgan fingerprint density at radius 3 is 2.47 bits per heavy atom. The van der Waals surface area contributed by atoms with E-state index in [1.54, 1.807) is 0 Å². The summed E-state index contributed by atoms with van der Waals surface area (Å²) in [6, 6.07) is 7.77. The molecule has 0 unspecified atom stereocenters. The van der Waals surface area contributed by atoms with E-state index >= 15 is 0 Å². The standard InChI is InChI=1S/C16H18O3/c17-15-4-2-1-3-14(15)11-13-7-5-12(6-8-13)9-10-16(18)19/h5-8,11H,1-4,9-10H2,(H,18,19). The van der Waals surface area contributed by atoms with E-state index in [0.29, 0.717) is 12.8 Å². The van der Waals surface area contributed by atoms with E-state index in [0.717, 1.165) is 36.0 Å². The maximum Gasteiger partial charge on any atom is 0.303 e. The average molecular weight is 258 g/mol. The first-order chi connectivity index (χ1) is 9.15. The molecule has 1 fully saturated rings. The lowest BCUT2D eigenvalue weighted by Gasteiger charge is -2.12. The molecule has 0 saturated heterocycles. The Morgan fingerprint density at radius 1 is 1.16 bits per heavy atom. The van der Waals surface area contributed by atoms with Gasteiger partial charge < -0.3 is 5.11 Å². The van der Waals surface area contributed by atoms with Gasteiger partial charge in [-0.2, -0.15) is 0 Å². The molecule has 1 N–H and O–H groups in total. The summed E-state index contributed by atoms with van der Waals surface area (Å²) in [5, 5.41) is 8.63. The van der Waals surface area contributed by atoms with Crippen molar-refractivity contribution in [3.8, 4) is 0 Å². The van der Waals surface area contributed by atoms with Crippen molar-refractivity contribution < 1.29 is 14.7 Å². The summed E-state index contributed by atoms with van der Waals surface area (Å²) >= 11 is 0. The Bertz CT molecular complexity index is 497. The fourth-order valence-corrected chi connectivity index (χ4v) is 2.29. The zero-order valence-corrected chi connectivity index (χ0v) is 10.9. The van der Waals surface area contributed by atoms with Crippen LogP contribution in [0.5, 0.6) is 0 Å². The van der Waals surface area contributed by atoms with Gasteiger partial charge in [0.15, 0.2) is 5.78 Å². The molecule has 1 aliphatic carbocycles. The fourth-order valence-electron chi connectivity index (χ4n) is 2.29. The molecule has 1 aromatic carbocycles. The molecule has 0 aromatic heterocycles. The Labute approximate surface area is 113 Å². The van der Waals surface area contributed by atoms with E-state index in [4.69, 9.17) is 5.11 Å². The number of carboxylic acid groups (broad SMARTS) is 1. The highest BCUT2D eigenvalue weighted by molar-refractivity contribution is 6.00. The number of aliphatic carboxylic acids is 1. The van der Waals surface area contributed by atoms with Crippen LogP contribution in [0.15, 0.2) is 29.8 Å². The van der Waals surface area contributed by atoms with Crippen LogP contribution in [0.3, 0.4) is 0 Å². The number of hydrogen-bond donors (Lipinski definition) is 1. The normalized spacial score (nSPS) is 17.7. The molecule has 19 heavy (non-hydrogen) atoms. The number of benzene rings is 1. The first kappa shape index (κ1) is 13.5. The number of Topliss-reactive ketones (excluding diaryl/α,β-unsaturated/α-hetero) is 1. The second-order valence-electron chi connectivity index (χ2n) is 4.94. The van der Waals surface area contributed by atoms with Gasteiger partial charge in [-0.1, -0.05) is 24.3 Å². The van der Waals surface area contributed by atoms with Crippen LogP contribution in [0.4, 0.5) is 0 Å². The summed E-state index contributed by atoms with van der Waals surface area (Å²) in [7, 11) is 0. The Morgan fingerprint density at radius 2 is 1.84 bits per heavy atom. The molecule has 2 rings (SSSR count). The zero-order valence-electron chi connectivity index (χ0n) is 10.9. The zero-order chi connectivity index (χ0) is 13.7. The van der Waals surface area contributed by atoms with E-state index in [2.05, 4.69) is 0 Å². The minimum atomic E-state index is -0.779. The van der Waals surface area contributed by atoms with Crippen LogP contribution in [-0.2, 0) is 16.0 Å². The van der Waals surface area contributed by atoms with Gasteiger partial charge in [-0.15, -0.1) is 0 Å². The van der Waals surface area contributed by atoms with Gasteiger partial charge in [0.25, 0.3) is 0 Å². The van der Waals surface area contributed by atoms with Crippen molar-refractivity contribution in [3.63, 3.8) is 0 Å². The summed E-state index contributed by atoms with van der Waals surface area (Å²) in [5.41, 5.74) is 2.95. The van der Waals surface area contributed by atoms with Crippen LogP contribution < -0.4 is 0 Å². The first-order valence-corrected chi connectivity index (χ1v) is 6.69. The summed E-state index contributed by atoms with van der Waals surface area (Å²) in [6.07, 6.45) is 6.30. The lowest BCUT2D eigenvalue weighted by atomic mass is 9.92. The second-order valence-corrected chi connectivity index (χ2v) is 4.94. The van der Waals surface area contributed by atoms with E-state index in [9.17, 15) is 9.59 Å². The number of allylic oxidation sites excluding steroid dienone is 1. The second kappa shape index (κ2) is 6.32. The quantitative estimate of drug-likeness (QED) is 0.843. The molecule has 1 aliphatic rings. The average Bonchev–Trinajstić information content (AvgIpc) is 2.40. The van der Waals surface area contributed by atoms with Crippen molar-refractivity contribution in [1.29, 1.82) is 0 Å². The molecule has 3 nitrogen and oxygen atoms in total. The molecule has 1 aromatic rings. The van der Waals surface area contributed by atoms with E-state index in [1.807, 2.05) is 30.3 Å². The molecule has 100 valence electrons. The Kier molecular flexibility index (Phi) is 4.50. The van der Waals surface area contributed by atoms with Gasteiger partial charge in [-0.05, 0) is 48.5 Å². The number of ketones is 1. The van der Waals surface area contributed by atoms with Crippen molar-refractivity contribution in [2.75, 3.05) is 0 Å². The molecule has 3 heteroatoms. The fraction of sp³-hybridized carbons (Fsp3) is 0.375. The van der Waals surface area contributed by atoms with E-state index < -0.39 is 5.97 Å². The highest BCUT2D eigenvalue weighted by Crippen LogP contribution is 2.22. The SMILES string of the molecule is O=C(O)CCc1ccc(C=C2CCCCC2=O)cc1. The topological polar surface area (TPSA) is 54.4 Å². The third-order valence-corrected chi connectivity index (χ3v) is 3.41. The molecule has 0 heterocycles. The van der Waals surface area contributed by atoms with Gasteiger partial charge in [0, 0.05) is 12.8 Å². The third-order valence-electron chi connectivity index (χ3n) is 3.41. The number of carbonyl (C=O) groups is 2. The van der Waals surface area contributed by atoms with E-state index in [1.165, 1.54) is 0 Å². The van der Waals surface area contributed by atoms with Gasteiger partial charge in [0.1, 0.15) is 0 Å². The largest absolute Gasteiger partial charge is 0.481 e. The van der Waals surface area contributed by atoms with Gasteiger partial charge in [0.2, 0.25) is 0 Å². The predicted octanol–water partition coefficient (Wildman–Crippen LogP) is 3.23. The maximum absolute atomic E-state index is 11.7. The van der Waals surface area contributed by atoms with Crippen LogP contribution in [0, 0.1) is 0 Å². The van der Waals surface area contributed by atoms with Crippen molar-refractivity contribution >= 4 is 17.8 Å². The monoisotopic (exact) mass is 258 g/mol. The summed E-state index contributed by atoms with van der Waals surface area (Å²) in [4.78, 5) is 22.2. The van der Waals surface area contributed by atoms with Crippen molar-refractivity contribution in [2.24, 2.45) is 0 Å². The number of carbonyl (C=O) groups excluding carboxylic acids is 1. The van der Waals surface area contributed by atoms with Crippen LogP contribution in [-0.4, -0.2) is 16.9 Å². The number of aryl methyl sites for hydroxylation is 1. The van der Waals surface area contributed by atoms with Crippen LogP contribution in [0.2, 0.25) is 0 Å². The van der Waals surface area contributed by atoms with Crippen LogP contribution in [0.1, 0.15) is 43.2 Å². The third kappa shape index (κ3) is 4.05. The molecule has 1 saturated carbocycles. The molecule has 0 radical (unpaired) electrons.